The number of carbonyl (C=O) groups excluding carboxylic acids is 1. The van der Waals surface area contributed by atoms with Crippen LogP contribution in [0.4, 0.5) is 0 Å². The molecular weight excluding hydrogens is 228 g/mol. The second-order valence-corrected chi connectivity index (χ2v) is 4.54. The number of methoxy groups -OCH3 is 1. The first-order chi connectivity index (χ1) is 8.70. The van der Waals surface area contributed by atoms with Crippen LogP contribution in [0.25, 0.3) is 0 Å². The highest BCUT2D eigenvalue weighted by atomic mass is 16.6. The Balaban J connectivity index is 1.98. The number of aryl methyl sites for hydroxylation is 1. The van der Waals surface area contributed by atoms with E-state index < -0.39 is 0 Å². The van der Waals surface area contributed by atoms with Crippen molar-refractivity contribution in [3.05, 3.63) is 47.7 Å². The van der Waals surface area contributed by atoms with Crippen LogP contribution < -0.4 is 0 Å². The molecule has 0 saturated carbocycles. The Morgan fingerprint density at radius 3 is 2.67 bits per heavy atom. The average molecular weight is 246 g/mol. The van der Waals surface area contributed by atoms with Gasteiger partial charge in [0.05, 0.1) is 19.1 Å². The van der Waals surface area contributed by atoms with E-state index in [0.29, 0.717) is 5.76 Å². The lowest BCUT2D eigenvalue weighted by atomic mass is 9.94. The minimum atomic E-state index is -0.303. The van der Waals surface area contributed by atoms with E-state index in [1.165, 1.54) is 11.6 Å². The van der Waals surface area contributed by atoms with Crippen LogP contribution in [-0.4, -0.2) is 19.2 Å². The molecule has 0 bridgehead atoms. The first-order valence-electron chi connectivity index (χ1n) is 6.21. The van der Waals surface area contributed by atoms with Crippen molar-refractivity contribution < 1.29 is 14.3 Å². The Morgan fingerprint density at radius 2 is 2.00 bits per heavy atom. The highest BCUT2D eigenvalue weighted by Crippen LogP contribution is 2.26. The molecule has 18 heavy (non-hydrogen) atoms. The summed E-state index contributed by atoms with van der Waals surface area (Å²) in [6.45, 7) is 2.03. The van der Waals surface area contributed by atoms with Crippen molar-refractivity contribution in [3.8, 4) is 0 Å². The largest absolute Gasteiger partial charge is 0.500 e. The summed E-state index contributed by atoms with van der Waals surface area (Å²) in [7, 11) is 1.59. The summed E-state index contributed by atoms with van der Waals surface area (Å²) < 4.78 is 10.6. The lowest BCUT2D eigenvalue weighted by molar-refractivity contribution is -0.148. The molecule has 1 aliphatic rings. The van der Waals surface area contributed by atoms with E-state index in [1.54, 1.807) is 7.11 Å². The van der Waals surface area contributed by atoms with Gasteiger partial charge in [-0.25, -0.2) is 4.79 Å². The molecule has 0 radical (unpaired) electrons. The maximum Gasteiger partial charge on any atom is 0.334 e. The van der Waals surface area contributed by atoms with Crippen LogP contribution >= 0.6 is 0 Å². The van der Waals surface area contributed by atoms with Gasteiger partial charge < -0.3 is 9.47 Å². The van der Waals surface area contributed by atoms with Crippen LogP contribution in [0.1, 0.15) is 18.9 Å². The predicted octanol–water partition coefficient (Wildman–Crippen LogP) is 2.71. The highest BCUT2D eigenvalue weighted by Gasteiger charge is 2.29. The molecule has 0 amide bonds. The standard InChI is InChI=1S/C15H18O3/c1-11-13(18-15(16)10-14(11)17-2)9-8-12-6-4-3-5-7-12/h3-7,10-11,13H,8-9H2,1-2H3. The van der Waals surface area contributed by atoms with E-state index in [9.17, 15) is 4.79 Å². The van der Waals surface area contributed by atoms with E-state index in [2.05, 4.69) is 12.1 Å². The molecule has 0 aromatic heterocycles. The number of hydrogen-bond acceptors (Lipinski definition) is 3. The molecule has 0 spiro atoms. The van der Waals surface area contributed by atoms with Gasteiger partial charge in [-0.05, 0) is 18.4 Å². The topological polar surface area (TPSA) is 35.5 Å². The van der Waals surface area contributed by atoms with Crippen LogP contribution in [0, 0.1) is 5.92 Å². The summed E-state index contributed by atoms with van der Waals surface area (Å²) in [5.41, 5.74) is 1.26. The van der Waals surface area contributed by atoms with Crippen molar-refractivity contribution in [1.82, 2.24) is 0 Å². The summed E-state index contributed by atoms with van der Waals surface area (Å²) in [6, 6.07) is 10.2. The van der Waals surface area contributed by atoms with Gasteiger partial charge in [-0.1, -0.05) is 37.3 Å². The number of rotatable bonds is 4. The number of cyclic esters (lactones) is 1. The van der Waals surface area contributed by atoms with Crippen molar-refractivity contribution in [1.29, 1.82) is 0 Å². The predicted molar refractivity (Wildman–Crippen MR) is 68.9 cm³/mol. The van der Waals surface area contributed by atoms with E-state index in [-0.39, 0.29) is 18.0 Å². The van der Waals surface area contributed by atoms with Gasteiger partial charge in [0.1, 0.15) is 11.9 Å². The third-order valence-electron chi connectivity index (χ3n) is 3.33. The molecule has 0 aliphatic carbocycles. The van der Waals surface area contributed by atoms with Crippen LogP contribution in [0.2, 0.25) is 0 Å². The van der Waals surface area contributed by atoms with Gasteiger partial charge in [-0.3, -0.25) is 0 Å². The summed E-state index contributed by atoms with van der Waals surface area (Å²) in [4.78, 5) is 11.4. The van der Waals surface area contributed by atoms with E-state index in [4.69, 9.17) is 9.47 Å². The molecule has 0 N–H and O–H groups in total. The smallest absolute Gasteiger partial charge is 0.334 e. The summed E-state index contributed by atoms with van der Waals surface area (Å²) in [5, 5.41) is 0. The van der Waals surface area contributed by atoms with E-state index >= 15 is 0 Å². The number of carbonyl (C=O) groups is 1. The lowest BCUT2D eigenvalue weighted by Gasteiger charge is -2.28. The second-order valence-electron chi connectivity index (χ2n) is 4.54. The van der Waals surface area contributed by atoms with Gasteiger partial charge in [0, 0.05) is 0 Å². The zero-order valence-corrected chi connectivity index (χ0v) is 10.8. The molecular formula is C15H18O3. The Kier molecular flexibility index (Phi) is 4.03. The molecule has 3 nitrogen and oxygen atoms in total. The molecule has 1 aromatic carbocycles. The fourth-order valence-corrected chi connectivity index (χ4v) is 2.22. The number of ether oxygens (including phenoxy) is 2. The Bertz CT molecular complexity index is 436. The Hall–Kier alpha value is -1.77. The summed E-state index contributed by atoms with van der Waals surface area (Å²) in [5.74, 6) is 0.531. The molecule has 0 saturated heterocycles. The first-order valence-corrected chi connectivity index (χ1v) is 6.21. The monoisotopic (exact) mass is 246 g/mol. The maximum absolute atomic E-state index is 11.4. The molecule has 0 fully saturated rings. The Labute approximate surface area is 107 Å². The SMILES string of the molecule is COC1=CC(=O)OC(CCc2ccccc2)C1C. The third kappa shape index (κ3) is 2.92. The maximum atomic E-state index is 11.4. The highest BCUT2D eigenvalue weighted by molar-refractivity contribution is 5.83. The summed E-state index contributed by atoms with van der Waals surface area (Å²) >= 11 is 0. The normalized spacial score (nSPS) is 23.2. The minimum absolute atomic E-state index is 0.0994. The summed E-state index contributed by atoms with van der Waals surface area (Å²) in [6.07, 6.45) is 3.05. The molecule has 1 heterocycles. The van der Waals surface area contributed by atoms with Crippen LogP contribution in [0.3, 0.4) is 0 Å². The van der Waals surface area contributed by atoms with Gasteiger partial charge in [-0.2, -0.15) is 0 Å². The van der Waals surface area contributed by atoms with Gasteiger partial charge in [0.15, 0.2) is 0 Å². The van der Waals surface area contributed by atoms with Crippen molar-refractivity contribution in [2.24, 2.45) is 5.92 Å². The fourth-order valence-electron chi connectivity index (χ4n) is 2.22. The van der Waals surface area contributed by atoms with Gasteiger partial charge >= 0.3 is 5.97 Å². The third-order valence-corrected chi connectivity index (χ3v) is 3.33. The minimum Gasteiger partial charge on any atom is -0.500 e. The van der Waals surface area contributed by atoms with Gasteiger partial charge in [0.2, 0.25) is 0 Å². The molecule has 96 valence electrons. The molecule has 1 aromatic rings. The number of esters is 1. The first kappa shape index (κ1) is 12.7. The zero-order valence-electron chi connectivity index (χ0n) is 10.8. The Morgan fingerprint density at radius 1 is 1.28 bits per heavy atom. The van der Waals surface area contributed by atoms with Gasteiger partial charge in [-0.15, -0.1) is 0 Å². The molecule has 3 heteroatoms. The van der Waals surface area contributed by atoms with Crippen molar-refractivity contribution in [2.45, 2.75) is 25.9 Å². The number of benzene rings is 1. The van der Waals surface area contributed by atoms with E-state index in [0.717, 1.165) is 12.8 Å². The molecule has 2 atom stereocenters. The molecule has 2 rings (SSSR count). The molecule has 2 unspecified atom stereocenters. The van der Waals surface area contributed by atoms with Crippen molar-refractivity contribution in [2.75, 3.05) is 7.11 Å². The quantitative estimate of drug-likeness (QED) is 0.766. The van der Waals surface area contributed by atoms with Crippen LogP contribution in [0.15, 0.2) is 42.2 Å². The fraction of sp³-hybridized carbons (Fsp3) is 0.400. The lowest BCUT2D eigenvalue weighted by Crippen LogP contribution is -2.31. The van der Waals surface area contributed by atoms with Crippen molar-refractivity contribution in [3.63, 3.8) is 0 Å². The second kappa shape index (κ2) is 5.71. The molecule has 1 aliphatic heterocycles. The van der Waals surface area contributed by atoms with Crippen molar-refractivity contribution >= 4 is 5.97 Å². The van der Waals surface area contributed by atoms with E-state index in [1.807, 2.05) is 25.1 Å². The van der Waals surface area contributed by atoms with Crippen LogP contribution in [0.5, 0.6) is 0 Å². The zero-order chi connectivity index (χ0) is 13.0. The average Bonchev–Trinajstić information content (AvgIpc) is 2.40. The van der Waals surface area contributed by atoms with Gasteiger partial charge in [0.25, 0.3) is 0 Å². The van der Waals surface area contributed by atoms with Crippen LogP contribution in [-0.2, 0) is 20.7 Å². The number of hydrogen-bond donors (Lipinski definition) is 0.